The van der Waals surface area contributed by atoms with Crippen LogP contribution < -0.4 is 0 Å². The van der Waals surface area contributed by atoms with Gasteiger partial charge in [-0.25, -0.2) is 0 Å². The van der Waals surface area contributed by atoms with Crippen molar-refractivity contribution in [1.29, 1.82) is 5.41 Å². The molecule has 1 N–H and O–H groups in total. The summed E-state index contributed by atoms with van der Waals surface area (Å²) in [5.41, 5.74) is 2.45. The zero-order valence-corrected chi connectivity index (χ0v) is 10.6. The Kier molecular flexibility index (Phi) is 4.78. The highest BCUT2D eigenvalue weighted by atomic mass is 14.4. The third-order valence-electron chi connectivity index (χ3n) is 3.80. The van der Waals surface area contributed by atoms with Gasteiger partial charge in [-0.2, -0.15) is 0 Å². The number of aryl methyl sites for hydroxylation is 1. The maximum atomic E-state index is 7.86. The van der Waals surface area contributed by atoms with E-state index in [1.54, 1.807) is 0 Å². The van der Waals surface area contributed by atoms with Gasteiger partial charge in [0.15, 0.2) is 0 Å². The third kappa shape index (κ3) is 4.33. The highest BCUT2D eigenvalue weighted by molar-refractivity contribution is 5.81. The number of hydrogen-bond acceptors (Lipinski definition) is 1. The maximum Gasteiger partial charge on any atom is 0.00919 e. The molecular formula is C16H23N. The van der Waals surface area contributed by atoms with Crippen LogP contribution in [0.3, 0.4) is 0 Å². The van der Waals surface area contributed by atoms with E-state index < -0.39 is 0 Å². The molecule has 1 aliphatic rings. The van der Waals surface area contributed by atoms with E-state index in [2.05, 4.69) is 30.3 Å². The fraction of sp³-hybridized carbons (Fsp3) is 0.562. The molecule has 92 valence electrons. The predicted molar refractivity (Wildman–Crippen MR) is 73.7 cm³/mol. The second-order valence-electron chi connectivity index (χ2n) is 5.30. The Balaban J connectivity index is 1.72. The topological polar surface area (TPSA) is 23.9 Å². The molecule has 1 aliphatic carbocycles. The molecule has 1 saturated carbocycles. The Morgan fingerprint density at radius 2 is 1.94 bits per heavy atom. The van der Waals surface area contributed by atoms with Gasteiger partial charge in [-0.05, 0) is 50.0 Å². The monoisotopic (exact) mass is 229 g/mol. The first-order valence-electron chi connectivity index (χ1n) is 6.95. The fourth-order valence-corrected chi connectivity index (χ4v) is 2.81. The minimum absolute atomic E-state index is 0.786. The molecule has 0 spiro atoms. The standard InChI is InChI=1S/C16H23N/c17-16-12-5-4-9-15(13-16)11-6-10-14-7-2-1-3-8-14/h1-3,7-8,15,17H,4-6,9-13H2. The van der Waals surface area contributed by atoms with Crippen molar-refractivity contribution in [3.05, 3.63) is 35.9 Å². The van der Waals surface area contributed by atoms with Crippen molar-refractivity contribution in [3.63, 3.8) is 0 Å². The van der Waals surface area contributed by atoms with Gasteiger partial charge in [0.1, 0.15) is 0 Å². The molecule has 2 rings (SSSR count). The minimum Gasteiger partial charge on any atom is -0.310 e. The van der Waals surface area contributed by atoms with Crippen molar-refractivity contribution in [2.24, 2.45) is 5.92 Å². The van der Waals surface area contributed by atoms with Crippen LogP contribution >= 0.6 is 0 Å². The zero-order chi connectivity index (χ0) is 11.9. The molecule has 17 heavy (non-hydrogen) atoms. The SMILES string of the molecule is N=C1CCCCC(CCCc2ccccc2)C1. The molecule has 1 atom stereocenters. The normalized spacial score (nSPS) is 21.2. The first-order chi connectivity index (χ1) is 8.34. The smallest absolute Gasteiger partial charge is 0.00919 e. The molecule has 0 aromatic heterocycles. The summed E-state index contributed by atoms with van der Waals surface area (Å²) in [6, 6.07) is 10.8. The van der Waals surface area contributed by atoms with Crippen LogP contribution in [0.25, 0.3) is 0 Å². The quantitative estimate of drug-likeness (QED) is 0.729. The third-order valence-corrected chi connectivity index (χ3v) is 3.80. The van der Waals surface area contributed by atoms with Crippen LogP contribution in [0.15, 0.2) is 30.3 Å². The number of nitrogens with one attached hydrogen (secondary N) is 1. The van der Waals surface area contributed by atoms with Gasteiger partial charge in [0.2, 0.25) is 0 Å². The van der Waals surface area contributed by atoms with E-state index in [9.17, 15) is 0 Å². The largest absolute Gasteiger partial charge is 0.310 e. The molecule has 0 amide bonds. The van der Waals surface area contributed by atoms with Gasteiger partial charge in [-0.3, -0.25) is 0 Å². The van der Waals surface area contributed by atoms with E-state index in [1.807, 2.05) is 0 Å². The summed E-state index contributed by atoms with van der Waals surface area (Å²) in [5.74, 6) is 0.786. The second kappa shape index (κ2) is 6.58. The maximum absolute atomic E-state index is 7.86. The predicted octanol–water partition coefficient (Wildman–Crippen LogP) is 4.61. The molecule has 1 aromatic rings. The molecule has 1 aromatic carbocycles. The highest BCUT2D eigenvalue weighted by Crippen LogP contribution is 2.25. The van der Waals surface area contributed by atoms with Crippen LogP contribution in [0.5, 0.6) is 0 Å². The van der Waals surface area contributed by atoms with Crippen LogP contribution in [-0.4, -0.2) is 5.71 Å². The van der Waals surface area contributed by atoms with Crippen molar-refractivity contribution in [2.75, 3.05) is 0 Å². The van der Waals surface area contributed by atoms with Crippen molar-refractivity contribution >= 4 is 5.71 Å². The van der Waals surface area contributed by atoms with Crippen LogP contribution in [0, 0.1) is 11.3 Å². The zero-order valence-electron chi connectivity index (χ0n) is 10.6. The Labute approximate surface area is 105 Å². The lowest BCUT2D eigenvalue weighted by atomic mass is 9.92. The Bertz CT molecular complexity index is 342. The van der Waals surface area contributed by atoms with Gasteiger partial charge in [0.05, 0.1) is 0 Å². The van der Waals surface area contributed by atoms with E-state index in [-0.39, 0.29) is 0 Å². The van der Waals surface area contributed by atoms with Gasteiger partial charge in [-0.1, -0.05) is 43.2 Å². The first-order valence-corrected chi connectivity index (χ1v) is 6.95. The average molecular weight is 229 g/mol. The Hall–Kier alpha value is -1.11. The van der Waals surface area contributed by atoms with Gasteiger partial charge < -0.3 is 5.41 Å². The minimum atomic E-state index is 0.786. The van der Waals surface area contributed by atoms with Crippen LogP contribution in [-0.2, 0) is 6.42 Å². The summed E-state index contributed by atoms with van der Waals surface area (Å²) in [4.78, 5) is 0. The second-order valence-corrected chi connectivity index (χ2v) is 5.30. The van der Waals surface area contributed by atoms with Crippen LogP contribution in [0.4, 0.5) is 0 Å². The van der Waals surface area contributed by atoms with E-state index >= 15 is 0 Å². The summed E-state index contributed by atoms with van der Waals surface area (Å²) in [6.07, 6.45) is 9.82. The van der Waals surface area contributed by atoms with Gasteiger partial charge >= 0.3 is 0 Å². The van der Waals surface area contributed by atoms with Crippen LogP contribution in [0.2, 0.25) is 0 Å². The molecule has 1 heteroatoms. The summed E-state index contributed by atoms with van der Waals surface area (Å²) in [5, 5.41) is 7.86. The Morgan fingerprint density at radius 3 is 2.76 bits per heavy atom. The van der Waals surface area contributed by atoms with E-state index in [0.717, 1.165) is 24.5 Å². The molecule has 1 unspecified atom stereocenters. The van der Waals surface area contributed by atoms with Gasteiger partial charge in [-0.15, -0.1) is 0 Å². The molecule has 0 heterocycles. The summed E-state index contributed by atoms with van der Waals surface area (Å²) >= 11 is 0. The molecule has 0 radical (unpaired) electrons. The molecule has 1 nitrogen and oxygen atoms in total. The lowest BCUT2D eigenvalue weighted by molar-refractivity contribution is 0.445. The summed E-state index contributed by atoms with van der Waals surface area (Å²) in [7, 11) is 0. The first kappa shape index (κ1) is 12.3. The van der Waals surface area contributed by atoms with Crippen molar-refractivity contribution in [1.82, 2.24) is 0 Å². The Morgan fingerprint density at radius 1 is 1.12 bits per heavy atom. The van der Waals surface area contributed by atoms with Crippen molar-refractivity contribution < 1.29 is 0 Å². The molecule has 0 bridgehead atoms. The van der Waals surface area contributed by atoms with Crippen LogP contribution in [0.1, 0.15) is 50.5 Å². The van der Waals surface area contributed by atoms with E-state index in [0.29, 0.717) is 0 Å². The van der Waals surface area contributed by atoms with E-state index in [1.165, 1.54) is 44.1 Å². The number of benzene rings is 1. The van der Waals surface area contributed by atoms with E-state index in [4.69, 9.17) is 5.41 Å². The molecule has 0 aliphatic heterocycles. The summed E-state index contributed by atoms with van der Waals surface area (Å²) < 4.78 is 0. The average Bonchev–Trinajstić information content (AvgIpc) is 2.55. The van der Waals surface area contributed by atoms with Gasteiger partial charge in [0, 0.05) is 5.71 Å². The lowest BCUT2D eigenvalue weighted by Crippen LogP contribution is -2.05. The molecule has 0 saturated heterocycles. The number of rotatable bonds is 4. The van der Waals surface area contributed by atoms with Gasteiger partial charge in [0.25, 0.3) is 0 Å². The van der Waals surface area contributed by atoms with Crippen molar-refractivity contribution in [3.8, 4) is 0 Å². The highest BCUT2D eigenvalue weighted by Gasteiger charge is 2.14. The number of hydrogen-bond donors (Lipinski definition) is 1. The molecule has 1 fully saturated rings. The summed E-state index contributed by atoms with van der Waals surface area (Å²) in [6.45, 7) is 0. The lowest BCUT2D eigenvalue weighted by Gasteiger charge is -2.13. The van der Waals surface area contributed by atoms with Crippen molar-refractivity contribution in [2.45, 2.75) is 51.4 Å². The fourth-order valence-electron chi connectivity index (χ4n) is 2.81. The molecular weight excluding hydrogens is 206 g/mol.